The molecule has 0 aromatic carbocycles. The monoisotopic (exact) mass is 1010 g/mol. The summed E-state index contributed by atoms with van der Waals surface area (Å²) in [5.41, 5.74) is 0. The van der Waals surface area contributed by atoms with E-state index in [0.29, 0.717) is 20.5 Å². The number of quaternary nitrogens is 4. The van der Waals surface area contributed by atoms with Crippen molar-refractivity contribution in [2.24, 2.45) is 0 Å². The van der Waals surface area contributed by atoms with Crippen molar-refractivity contribution in [1.29, 1.82) is 0 Å². The molecule has 0 aliphatic heterocycles. The second-order valence-corrected chi connectivity index (χ2v) is 23.9. The Balaban J connectivity index is -0.000000392. The summed E-state index contributed by atoms with van der Waals surface area (Å²) >= 11 is 6.14. The van der Waals surface area contributed by atoms with Gasteiger partial charge in [0.2, 0.25) is 0 Å². The first-order valence-electron chi connectivity index (χ1n) is 27.3. The van der Waals surface area contributed by atoms with Gasteiger partial charge in [-0.05, 0) is 86.0 Å². The molecule has 0 spiro atoms. The fraction of sp³-hybridized carbons (Fsp3) is 0.926. The second kappa shape index (κ2) is 48.5. The molecule has 12 heteroatoms. The molecular weight excluding hydrogens is 897 g/mol. The first kappa shape index (κ1) is 72.5. The van der Waals surface area contributed by atoms with Crippen LogP contribution in [0.4, 0.5) is 0 Å². The van der Waals surface area contributed by atoms with Crippen LogP contribution in [0.25, 0.3) is 0 Å². The van der Waals surface area contributed by atoms with Crippen LogP contribution in [0.15, 0.2) is 0 Å². The molecule has 8 nitrogen and oxygen atoms in total. The smallest absolute Gasteiger partial charge is 0.189 e. The molecule has 1 atom stereocenters. The van der Waals surface area contributed by atoms with Crippen LogP contribution in [-0.4, -0.2) is 168 Å². The highest BCUT2D eigenvalue weighted by Gasteiger charge is 2.25. The van der Waals surface area contributed by atoms with Gasteiger partial charge in [0.1, 0.15) is 0 Å². The predicted octanol–water partition coefficient (Wildman–Crippen LogP) is 14.0. The molecule has 0 fully saturated rings. The summed E-state index contributed by atoms with van der Waals surface area (Å²) in [6.07, 6.45) is 18.0. The molecule has 0 aliphatic rings. The normalized spacial score (nSPS) is 12.5. The summed E-state index contributed by atoms with van der Waals surface area (Å²) in [4.78, 5) is 46.1. The molecule has 0 aromatic rings. The molecule has 0 N–H and O–H groups in total. The molecule has 0 aliphatic carbocycles. The quantitative estimate of drug-likeness (QED) is 0.0567. The average Bonchev–Trinajstić information content (AvgIpc) is 3.29. The van der Waals surface area contributed by atoms with E-state index in [9.17, 15) is 19.2 Å². The van der Waals surface area contributed by atoms with E-state index >= 15 is 0 Å². The molecule has 0 aromatic heterocycles. The lowest BCUT2D eigenvalue weighted by molar-refractivity contribution is -0.924. The second-order valence-electron chi connectivity index (χ2n) is 19.3. The number of carbonyl (C=O) groups is 4. The van der Waals surface area contributed by atoms with Crippen molar-refractivity contribution in [3.8, 4) is 0 Å². The van der Waals surface area contributed by atoms with Gasteiger partial charge < -0.3 is 17.9 Å². The molecule has 0 bridgehead atoms. The Hall–Kier alpha value is -0.0800. The van der Waals surface area contributed by atoms with Crippen LogP contribution in [-0.2, 0) is 19.2 Å². The highest BCUT2D eigenvalue weighted by molar-refractivity contribution is 8.14. The zero-order valence-corrected chi connectivity index (χ0v) is 50.4. The van der Waals surface area contributed by atoms with Crippen molar-refractivity contribution < 1.29 is 37.1 Å². The molecular formula is C54H116N4O4S4+4. The maximum atomic E-state index is 11.7. The minimum absolute atomic E-state index is 0.357. The first-order chi connectivity index (χ1) is 31.4. The Bertz CT molecular complexity index is 1120. The third-order valence-corrected chi connectivity index (χ3v) is 16.5. The van der Waals surface area contributed by atoms with Crippen LogP contribution >= 0.6 is 47.0 Å². The standard InChI is InChI=1S/C16H34NOS.C15H32NOS.C13H28NOS.C10H22NOS/c1-5-9-11-16(18)19-15-14-17(8-4,12-7-3)13-10-6-2;1-5-9-10-15(17)18-14-13-16(8-4,11-6-2)12-7-3;1-5-9-10-13(15)16-12-11-14(6-2,7-3)8-4;1-5-6-7-10(12)13-9-8-11(2,3)4/h5-15H2,1-4H3;5-14H2,1-4H3;5-12H2,1-4H3;5-9H2,1-4H3/q4*+1. The van der Waals surface area contributed by atoms with Gasteiger partial charge in [0.05, 0.1) is 129 Å². The minimum atomic E-state index is 0.357. The lowest BCUT2D eigenvalue weighted by Crippen LogP contribution is -2.50. The van der Waals surface area contributed by atoms with E-state index in [0.717, 1.165) is 135 Å². The van der Waals surface area contributed by atoms with Gasteiger partial charge in [0.25, 0.3) is 0 Å². The summed E-state index contributed by atoms with van der Waals surface area (Å²) in [5, 5.41) is 1.51. The zero-order valence-electron chi connectivity index (χ0n) is 47.1. The maximum absolute atomic E-state index is 11.7. The third-order valence-electron chi connectivity index (χ3n) is 12.9. The van der Waals surface area contributed by atoms with Crippen molar-refractivity contribution in [2.75, 3.05) is 129 Å². The van der Waals surface area contributed by atoms with Crippen molar-refractivity contribution >= 4 is 67.5 Å². The fourth-order valence-corrected chi connectivity index (χ4v) is 11.9. The molecule has 0 amide bonds. The lowest BCUT2D eigenvalue weighted by atomic mass is 10.2. The Labute approximate surface area is 430 Å². The van der Waals surface area contributed by atoms with Gasteiger partial charge in [-0.2, -0.15) is 0 Å². The molecule has 396 valence electrons. The fourth-order valence-electron chi connectivity index (χ4n) is 7.75. The number of rotatable bonds is 38. The Morgan fingerprint density at radius 2 is 0.530 bits per heavy atom. The van der Waals surface area contributed by atoms with E-state index in [4.69, 9.17) is 0 Å². The van der Waals surface area contributed by atoms with E-state index in [1.807, 2.05) is 0 Å². The summed E-state index contributed by atoms with van der Waals surface area (Å²) in [5.74, 6) is 3.93. The number of unbranched alkanes of at least 4 members (excludes halogenated alkanes) is 5. The van der Waals surface area contributed by atoms with Crippen molar-refractivity contribution in [3.63, 3.8) is 0 Å². The van der Waals surface area contributed by atoms with E-state index in [1.165, 1.54) is 123 Å². The van der Waals surface area contributed by atoms with Gasteiger partial charge in [-0.1, -0.05) is 135 Å². The highest BCUT2D eigenvalue weighted by Crippen LogP contribution is 2.18. The average molecular weight is 1010 g/mol. The predicted molar refractivity (Wildman–Crippen MR) is 304 cm³/mol. The Kier molecular flexibility index (Phi) is 53.3. The molecule has 0 radical (unpaired) electrons. The van der Waals surface area contributed by atoms with Crippen LogP contribution < -0.4 is 0 Å². The maximum Gasteiger partial charge on any atom is 0.189 e. The SMILES string of the molecule is CCCCC(=O)SCC[N+](C)(C)C.CCCCC(=O)SCC[N+](CC)(CC)CC.CCCCC(=O)SCC[N+](CC)(CCC)CCC.CCCCC(=O)SCC[N+](CC)(CCC)CCCC. The van der Waals surface area contributed by atoms with Crippen molar-refractivity contribution in [3.05, 3.63) is 0 Å². The van der Waals surface area contributed by atoms with Gasteiger partial charge in [-0.3, -0.25) is 19.2 Å². The van der Waals surface area contributed by atoms with Crippen LogP contribution in [0.1, 0.15) is 199 Å². The molecule has 0 saturated heterocycles. The topological polar surface area (TPSA) is 68.3 Å². The van der Waals surface area contributed by atoms with Gasteiger partial charge in [0.15, 0.2) is 20.5 Å². The highest BCUT2D eigenvalue weighted by atomic mass is 32.2. The number of thioether (sulfide) groups is 4. The number of carbonyl (C=O) groups excluding carboxylic acids is 4. The van der Waals surface area contributed by atoms with Crippen LogP contribution in [0.3, 0.4) is 0 Å². The molecule has 66 heavy (non-hydrogen) atoms. The number of hydrogen-bond acceptors (Lipinski definition) is 8. The summed E-state index contributed by atoms with van der Waals surface area (Å²) in [6, 6.07) is 0. The van der Waals surface area contributed by atoms with Crippen molar-refractivity contribution in [1.82, 2.24) is 0 Å². The Morgan fingerprint density at radius 3 is 0.758 bits per heavy atom. The van der Waals surface area contributed by atoms with E-state index < -0.39 is 0 Å². The number of nitrogens with zero attached hydrogens (tertiary/aromatic N) is 4. The minimum Gasteiger partial charge on any atom is -0.330 e. The molecule has 1 unspecified atom stereocenters. The van der Waals surface area contributed by atoms with E-state index in [2.05, 4.69) is 111 Å². The van der Waals surface area contributed by atoms with Crippen LogP contribution in [0.2, 0.25) is 0 Å². The van der Waals surface area contributed by atoms with Crippen LogP contribution in [0.5, 0.6) is 0 Å². The van der Waals surface area contributed by atoms with Gasteiger partial charge in [0, 0.05) is 25.7 Å². The number of hydrogen-bond donors (Lipinski definition) is 0. The van der Waals surface area contributed by atoms with E-state index in [-0.39, 0.29) is 0 Å². The van der Waals surface area contributed by atoms with E-state index in [1.54, 1.807) is 23.5 Å². The first-order valence-corrected chi connectivity index (χ1v) is 31.3. The Morgan fingerprint density at radius 1 is 0.288 bits per heavy atom. The molecule has 0 heterocycles. The molecule has 0 rings (SSSR count). The third kappa shape index (κ3) is 43.9. The summed E-state index contributed by atoms with van der Waals surface area (Å²) < 4.78 is 4.49. The summed E-state index contributed by atoms with van der Waals surface area (Å²) in [7, 11) is 6.45. The van der Waals surface area contributed by atoms with Crippen molar-refractivity contribution in [2.45, 2.75) is 199 Å². The lowest BCUT2D eigenvalue weighted by Gasteiger charge is -2.37. The zero-order chi connectivity index (χ0) is 51.2. The largest absolute Gasteiger partial charge is 0.330 e. The summed E-state index contributed by atoms with van der Waals surface area (Å²) in [6.45, 7) is 44.4. The van der Waals surface area contributed by atoms with Gasteiger partial charge >= 0.3 is 0 Å². The molecule has 0 saturated carbocycles. The van der Waals surface area contributed by atoms with Crippen LogP contribution in [0, 0.1) is 0 Å². The van der Waals surface area contributed by atoms with Gasteiger partial charge in [-0.25, -0.2) is 0 Å². The van der Waals surface area contributed by atoms with Gasteiger partial charge in [-0.15, -0.1) is 0 Å².